The van der Waals surface area contributed by atoms with Crippen LogP contribution in [0.2, 0.25) is 0 Å². The van der Waals surface area contributed by atoms with Crippen LogP contribution in [0.4, 0.5) is 0 Å². The first-order chi connectivity index (χ1) is 8.20. The van der Waals surface area contributed by atoms with Crippen molar-refractivity contribution in [1.82, 2.24) is 0 Å². The zero-order chi connectivity index (χ0) is 12.3. The van der Waals surface area contributed by atoms with E-state index >= 15 is 0 Å². The Hall–Kier alpha value is -0.740. The van der Waals surface area contributed by atoms with Crippen molar-refractivity contribution >= 4 is 31.9 Å². The Balaban J connectivity index is 2.13. The van der Waals surface area contributed by atoms with Crippen LogP contribution in [0, 0.1) is 0 Å². The summed E-state index contributed by atoms with van der Waals surface area (Å²) < 4.78 is 11.2. The fourth-order valence-electron chi connectivity index (χ4n) is 1.64. The van der Waals surface area contributed by atoms with Crippen molar-refractivity contribution in [3.8, 4) is 5.75 Å². The van der Waals surface area contributed by atoms with Crippen molar-refractivity contribution in [2.45, 2.75) is 11.2 Å². The molecular formula is C13H12Br2O2. The molecule has 0 N–H and O–H groups in total. The normalized spacial score (nSPS) is 12.4. The standard InChI is InChI=1S/C13H12Br2O2/c1-16-10-4-2-3-9(7-10)8-12(14)11-5-6-17-13(11)15/h2-7,12H,8H2,1H3. The molecule has 0 saturated carbocycles. The molecule has 1 atom stereocenters. The fraction of sp³-hybridized carbons (Fsp3) is 0.231. The third kappa shape index (κ3) is 3.13. The van der Waals surface area contributed by atoms with Crippen molar-refractivity contribution in [3.05, 3.63) is 52.4 Å². The van der Waals surface area contributed by atoms with Gasteiger partial charge in [-0.2, -0.15) is 0 Å². The molecule has 2 nitrogen and oxygen atoms in total. The largest absolute Gasteiger partial charge is 0.497 e. The highest BCUT2D eigenvalue weighted by Crippen LogP contribution is 2.33. The monoisotopic (exact) mass is 358 g/mol. The van der Waals surface area contributed by atoms with Gasteiger partial charge in [-0.15, -0.1) is 0 Å². The number of furan rings is 1. The average Bonchev–Trinajstić information content (AvgIpc) is 2.76. The first-order valence-corrected chi connectivity index (χ1v) is 6.91. The minimum atomic E-state index is 0.225. The molecule has 0 aliphatic carbocycles. The van der Waals surface area contributed by atoms with Gasteiger partial charge in [-0.3, -0.25) is 0 Å². The molecule has 1 unspecified atom stereocenters. The highest BCUT2D eigenvalue weighted by molar-refractivity contribution is 9.10. The van der Waals surface area contributed by atoms with Crippen LogP contribution < -0.4 is 4.74 Å². The number of ether oxygens (including phenoxy) is 1. The summed E-state index contributed by atoms with van der Waals surface area (Å²) in [5.41, 5.74) is 2.34. The van der Waals surface area contributed by atoms with E-state index in [-0.39, 0.29) is 4.83 Å². The molecule has 0 bridgehead atoms. The number of halogens is 2. The van der Waals surface area contributed by atoms with Gasteiger partial charge < -0.3 is 9.15 Å². The van der Waals surface area contributed by atoms with Crippen LogP contribution >= 0.6 is 31.9 Å². The molecule has 0 amide bonds. The van der Waals surface area contributed by atoms with Gasteiger partial charge in [-0.05, 0) is 46.1 Å². The van der Waals surface area contributed by atoms with Crippen molar-refractivity contribution in [2.24, 2.45) is 0 Å². The summed E-state index contributed by atoms with van der Waals surface area (Å²) in [5.74, 6) is 0.883. The van der Waals surface area contributed by atoms with E-state index in [1.807, 2.05) is 24.3 Å². The molecule has 0 fully saturated rings. The van der Waals surface area contributed by atoms with Crippen LogP contribution in [-0.2, 0) is 6.42 Å². The third-order valence-corrected chi connectivity index (χ3v) is 3.99. The molecule has 0 spiro atoms. The topological polar surface area (TPSA) is 22.4 Å². The average molecular weight is 360 g/mol. The molecule has 0 aliphatic heterocycles. The molecule has 90 valence electrons. The quantitative estimate of drug-likeness (QED) is 0.736. The molecule has 1 aromatic carbocycles. The number of alkyl halides is 1. The minimum absolute atomic E-state index is 0.225. The van der Waals surface area contributed by atoms with Gasteiger partial charge in [0.1, 0.15) is 5.75 Å². The smallest absolute Gasteiger partial charge is 0.173 e. The summed E-state index contributed by atoms with van der Waals surface area (Å²) in [5, 5.41) is 0. The van der Waals surface area contributed by atoms with Crippen LogP contribution in [0.1, 0.15) is 16.0 Å². The van der Waals surface area contributed by atoms with E-state index < -0.39 is 0 Å². The van der Waals surface area contributed by atoms with Crippen molar-refractivity contribution in [3.63, 3.8) is 0 Å². The summed E-state index contributed by atoms with van der Waals surface area (Å²) in [7, 11) is 1.68. The van der Waals surface area contributed by atoms with Crippen molar-refractivity contribution in [2.75, 3.05) is 7.11 Å². The van der Waals surface area contributed by atoms with Gasteiger partial charge in [-0.1, -0.05) is 28.1 Å². The van der Waals surface area contributed by atoms with E-state index in [4.69, 9.17) is 9.15 Å². The molecule has 0 aliphatic rings. The molecule has 0 saturated heterocycles. The highest BCUT2D eigenvalue weighted by atomic mass is 79.9. The van der Waals surface area contributed by atoms with Crippen molar-refractivity contribution < 1.29 is 9.15 Å². The van der Waals surface area contributed by atoms with Gasteiger partial charge in [0, 0.05) is 10.4 Å². The van der Waals surface area contributed by atoms with E-state index in [0.29, 0.717) is 0 Å². The fourth-order valence-corrected chi connectivity index (χ4v) is 3.20. The summed E-state index contributed by atoms with van der Waals surface area (Å²) in [4.78, 5) is 0.225. The zero-order valence-electron chi connectivity index (χ0n) is 9.32. The summed E-state index contributed by atoms with van der Waals surface area (Å²) in [6, 6.07) is 10.0. The van der Waals surface area contributed by atoms with E-state index in [1.165, 1.54) is 5.56 Å². The lowest BCUT2D eigenvalue weighted by Crippen LogP contribution is -1.95. The van der Waals surface area contributed by atoms with Crippen LogP contribution in [-0.4, -0.2) is 7.11 Å². The molecule has 2 rings (SSSR count). The Morgan fingerprint density at radius 3 is 2.82 bits per heavy atom. The molecular weight excluding hydrogens is 348 g/mol. The number of rotatable bonds is 4. The molecule has 2 aromatic rings. The van der Waals surface area contributed by atoms with Gasteiger partial charge in [0.15, 0.2) is 4.67 Å². The SMILES string of the molecule is COc1cccc(CC(Br)c2ccoc2Br)c1. The molecule has 1 heterocycles. The maximum absolute atomic E-state index is 5.23. The maximum Gasteiger partial charge on any atom is 0.173 e. The van der Waals surface area contributed by atoms with Gasteiger partial charge in [0.2, 0.25) is 0 Å². The summed E-state index contributed by atoms with van der Waals surface area (Å²) in [6.45, 7) is 0. The number of hydrogen-bond donors (Lipinski definition) is 0. The van der Waals surface area contributed by atoms with E-state index in [9.17, 15) is 0 Å². The van der Waals surface area contributed by atoms with Gasteiger partial charge in [-0.25, -0.2) is 0 Å². The van der Waals surface area contributed by atoms with Crippen LogP contribution in [0.5, 0.6) is 5.75 Å². The highest BCUT2D eigenvalue weighted by Gasteiger charge is 2.14. The Morgan fingerprint density at radius 1 is 1.35 bits per heavy atom. The molecule has 1 aromatic heterocycles. The molecule has 4 heteroatoms. The van der Waals surface area contributed by atoms with E-state index in [2.05, 4.69) is 37.9 Å². The van der Waals surface area contributed by atoms with Gasteiger partial charge >= 0.3 is 0 Å². The van der Waals surface area contributed by atoms with Crippen LogP contribution in [0.3, 0.4) is 0 Å². The lowest BCUT2D eigenvalue weighted by molar-refractivity contribution is 0.414. The lowest BCUT2D eigenvalue weighted by Gasteiger charge is -2.09. The number of benzene rings is 1. The first-order valence-electron chi connectivity index (χ1n) is 5.20. The van der Waals surface area contributed by atoms with Gasteiger partial charge in [0.25, 0.3) is 0 Å². The van der Waals surface area contributed by atoms with Crippen molar-refractivity contribution in [1.29, 1.82) is 0 Å². The second kappa shape index (κ2) is 5.74. The lowest BCUT2D eigenvalue weighted by atomic mass is 10.1. The van der Waals surface area contributed by atoms with E-state index in [0.717, 1.165) is 22.4 Å². The predicted octanol–water partition coefficient (Wildman–Crippen LogP) is 4.73. The Morgan fingerprint density at radius 2 is 2.18 bits per heavy atom. The Labute approximate surface area is 117 Å². The first kappa shape index (κ1) is 12.7. The second-order valence-corrected chi connectivity index (χ2v) is 5.50. The number of hydrogen-bond acceptors (Lipinski definition) is 2. The second-order valence-electron chi connectivity index (χ2n) is 3.67. The molecule has 17 heavy (non-hydrogen) atoms. The van der Waals surface area contributed by atoms with Crippen LogP contribution in [0.25, 0.3) is 0 Å². The maximum atomic E-state index is 5.23. The van der Waals surface area contributed by atoms with Crippen LogP contribution in [0.15, 0.2) is 45.7 Å². The number of methoxy groups -OCH3 is 1. The molecule has 0 radical (unpaired) electrons. The summed E-state index contributed by atoms with van der Waals surface area (Å²) >= 11 is 7.06. The third-order valence-electron chi connectivity index (χ3n) is 2.53. The zero-order valence-corrected chi connectivity index (χ0v) is 12.5. The van der Waals surface area contributed by atoms with E-state index in [1.54, 1.807) is 13.4 Å². The minimum Gasteiger partial charge on any atom is -0.497 e. The Kier molecular flexibility index (Phi) is 4.29. The summed E-state index contributed by atoms with van der Waals surface area (Å²) in [6.07, 6.45) is 2.56. The van der Waals surface area contributed by atoms with Gasteiger partial charge in [0.05, 0.1) is 13.4 Å². The predicted molar refractivity (Wildman–Crippen MR) is 74.8 cm³/mol. The Bertz CT molecular complexity index is 494.